The minimum absolute atomic E-state index is 0.139. The highest BCUT2D eigenvalue weighted by atomic mass is 32.1. The highest BCUT2D eigenvalue weighted by Gasteiger charge is 2.36. The van der Waals surface area contributed by atoms with E-state index in [1.165, 1.54) is 23.1 Å². The number of amides is 3. The number of halogens is 3. The molecule has 0 bridgehead atoms. The van der Waals surface area contributed by atoms with Gasteiger partial charge in [-0.1, -0.05) is 41.2 Å². The molecule has 1 aliphatic rings. The molecule has 0 saturated carbocycles. The smallest absolute Gasteiger partial charge is 0.320 e. The highest BCUT2D eigenvalue weighted by Crippen LogP contribution is 2.37. The molecule has 1 saturated heterocycles. The summed E-state index contributed by atoms with van der Waals surface area (Å²) in [7, 11) is 0. The largest absolute Gasteiger partial charge is 0.418 e. The van der Waals surface area contributed by atoms with E-state index in [1.54, 1.807) is 12.1 Å². The fourth-order valence-electron chi connectivity index (χ4n) is 3.58. The monoisotopic (exact) mass is 475 g/mol. The van der Waals surface area contributed by atoms with Crippen LogP contribution in [-0.4, -0.2) is 33.6 Å². The van der Waals surface area contributed by atoms with Crippen LogP contribution in [0.1, 0.15) is 44.8 Å². The van der Waals surface area contributed by atoms with Crippen molar-refractivity contribution in [1.29, 1.82) is 0 Å². The van der Waals surface area contributed by atoms with Crippen LogP contribution >= 0.6 is 11.3 Å². The number of aromatic nitrogens is 2. The molecule has 3 aromatic rings. The lowest BCUT2D eigenvalue weighted by atomic mass is 10.1. The van der Waals surface area contributed by atoms with E-state index in [1.807, 2.05) is 19.1 Å². The maximum Gasteiger partial charge on any atom is 0.418 e. The van der Waals surface area contributed by atoms with Gasteiger partial charge in [-0.3, -0.25) is 4.79 Å². The summed E-state index contributed by atoms with van der Waals surface area (Å²) in [6.45, 7) is 2.29. The van der Waals surface area contributed by atoms with Gasteiger partial charge in [-0.05, 0) is 44.0 Å². The summed E-state index contributed by atoms with van der Waals surface area (Å²) in [5.41, 5.74) is 0.451. The molecule has 1 atom stereocenters. The number of urea groups is 1. The third kappa shape index (κ3) is 5.14. The average molecular weight is 475 g/mol. The van der Waals surface area contributed by atoms with Crippen LogP contribution in [0, 0.1) is 6.92 Å². The van der Waals surface area contributed by atoms with Crippen molar-refractivity contribution in [3.63, 3.8) is 0 Å². The summed E-state index contributed by atoms with van der Waals surface area (Å²) in [4.78, 5) is 26.8. The number of carbonyl (C=O) groups excluding carboxylic acids is 2. The zero-order valence-electron chi connectivity index (χ0n) is 17.5. The normalized spacial score (nSPS) is 16.0. The number of hydrogen-bond acceptors (Lipinski definition) is 5. The highest BCUT2D eigenvalue weighted by molar-refractivity contribution is 7.13. The van der Waals surface area contributed by atoms with Crippen molar-refractivity contribution in [2.45, 2.75) is 32.0 Å². The molecule has 7 nitrogen and oxygen atoms in total. The molecule has 11 heteroatoms. The number of rotatable bonds is 4. The minimum Gasteiger partial charge on any atom is -0.320 e. The Morgan fingerprint density at radius 3 is 2.52 bits per heavy atom. The van der Waals surface area contributed by atoms with Gasteiger partial charge >= 0.3 is 12.2 Å². The Morgan fingerprint density at radius 2 is 1.79 bits per heavy atom. The SMILES string of the molecule is Cc1ccc(NC(=O)c2nnc([C@H]3CCCN3C(=O)Nc3ccccc3C(F)(F)F)s2)cc1. The first-order valence-corrected chi connectivity index (χ1v) is 11.0. The number of hydrogen-bond donors (Lipinski definition) is 2. The van der Waals surface area contributed by atoms with Crippen molar-refractivity contribution in [2.24, 2.45) is 0 Å². The van der Waals surface area contributed by atoms with E-state index in [0.29, 0.717) is 30.1 Å². The van der Waals surface area contributed by atoms with Crippen LogP contribution < -0.4 is 10.6 Å². The van der Waals surface area contributed by atoms with E-state index in [-0.39, 0.29) is 10.7 Å². The second-order valence-corrected chi connectivity index (χ2v) is 8.60. The molecule has 2 aromatic carbocycles. The van der Waals surface area contributed by atoms with Gasteiger partial charge in [-0.25, -0.2) is 4.79 Å². The van der Waals surface area contributed by atoms with Crippen molar-refractivity contribution in [3.05, 3.63) is 69.7 Å². The molecule has 172 valence electrons. The Kier molecular flexibility index (Phi) is 6.32. The second-order valence-electron chi connectivity index (χ2n) is 7.59. The molecule has 0 aliphatic carbocycles. The van der Waals surface area contributed by atoms with E-state index < -0.39 is 29.7 Å². The van der Waals surface area contributed by atoms with Gasteiger partial charge in [0.15, 0.2) is 0 Å². The Bertz CT molecular complexity index is 1160. The average Bonchev–Trinajstić information content (AvgIpc) is 3.44. The molecule has 3 amide bonds. The van der Waals surface area contributed by atoms with Gasteiger partial charge < -0.3 is 15.5 Å². The predicted molar refractivity (Wildman–Crippen MR) is 118 cm³/mol. The number of benzene rings is 2. The molecule has 33 heavy (non-hydrogen) atoms. The molecule has 2 heterocycles. The minimum atomic E-state index is -4.59. The van der Waals surface area contributed by atoms with Gasteiger partial charge in [-0.15, -0.1) is 10.2 Å². The lowest BCUT2D eigenvalue weighted by molar-refractivity contribution is -0.136. The number of nitrogens with zero attached hydrogens (tertiary/aromatic N) is 3. The molecule has 1 fully saturated rings. The molecule has 4 rings (SSSR count). The van der Waals surface area contributed by atoms with Crippen molar-refractivity contribution < 1.29 is 22.8 Å². The molecule has 0 unspecified atom stereocenters. The summed E-state index contributed by atoms with van der Waals surface area (Å²) < 4.78 is 39.8. The van der Waals surface area contributed by atoms with Gasteiger partial charge in [0, 0.05) is 12.2 Å². The first-order chi connectivity index (χ1) is 15.7. The van der Waals surface area contributed by atoms with Crippen LogP contribution in [0.25, 0.3) is 0 Å². The number of likely N-dealkylation sites (tertiary alicyclic amines) is 1. The van der Waals surface area contributed by atoms with Crippen LogP contribution in [-0.2, 0) is 6.18 Å². The second kappa shape index (κ2) is 9.18. The Hall–Kier alpha value is -3.47. The first-order valence-electron chi connectivity index (χ1n) is 10.2. The van der Waals surface area contributed by atoms with Gasteiger partial charge in [0.05, 0.1) is 17.3 Å². The van der Waals surface area contributed by atoms with E-state index in [0.717, 1.165) is 23.0 Å². The molecule has 0 spiro atoms. The maximum absolute atomic E-state index is 13.3. The third-order valence-electron chi connectivity index (χ3n) is 5.22. The van der Waals surface area contributed by atoms with Crippen molar-refractivity contribution in [3.8, 4) is 0 Å². The fraction of sp³-hybridized carbons (Fsp3) is 0.273. The predicted octanol–water partition coefficient (Wildman–Crippen LogP) is 5.49. The standard InChI is InChI=1S/C22H20F3N5O2S/c1-13-8-10-14(11-9-13)26-18(31)20-29-28-19(33-20)17-7-4-12-30(17)21(32)27-16-6-3-2-5-15(16)22(23,24)25/h2-3,5-6,8-11,17H,4,7,12H2,1H3,(H,26,31)(H,27,32)/t17-/m1/s1. The zero-order valence-corrected chi connectivity index (χ0v) is 18.3. The first kappa shape index (κ1) is 22.7. The van der Waals surface area contributed by atoms with Crippen molar-refractivity contribution >= 4 is 34.6 Å². The lowest BCUT2D eigenvalue weighted by Crippen LogP contribution is -2.35. The molecule has 1 aliphatic heterocycles. The number of anilines is 2. The van der Waals surface area contributed by atoms with Crippen LogP contribution in [0.3, 0.4) is 0 Å². The topological polar surface area (TPSA) is 87.2 Å². The fourth-order valence-corrected chi connectivity index (χ4v) is 4.46. The molecule has 0 radical (unpaired) electrons. The molecular formula is C22H20F3N5O2S. The Labute approximate surface area is 191 Å². The van der Waals surface area contributed by atoms with Gasteiger partial charge in [0.1, 0.15) is 5.01 Å². The number of para-hydroxylation sites is 1. The Balaban J connectivity index is 1.47. The molecule has 1 aromatic heterocycles. The summed E-state index contributed by atoms with van der Waals surface area (Å²) in [6, 6.07) is 11.0. The number of alkyl halides is 3. The van der Waals surface area contributed by atoms with Gasteiger partial charge in [0.2, 0.25) is 5.01 Å². The van der Waals surface area contributed by atoms with Crippen molar-refractivity contribution in [2.75, 3.05) is 17.2 Å². The lowest BCUT2D eigenvalue weighted by Gasteiger charge is -2.24. The summed E-state index contributed by atoms with van der Waals surface area (Å²) in [6.07, 6.45) is -3.36. The summed E-state index contributed by atoms with van der Waals surface area (Å²) in [5, 5.41) is 13.7. The van der Waals surface area contributed by atoms with Crippen LogP contribution in [0.15, 0.2) is 48.5 Å². The number of carbonyl (C=O) groups is 2. The molecular weight excluding hydrogens is 455 g/mol. The van der Waals surface area contributed by atoms with Gasteiger partial charge in [-0.2, -0.15) is 13.2 Å². The van der Waals surface area contributed by atoms with Crippen molar-refractivity contribution in [1.82, 2.24) is 15.1 Å². The van der Waals surface area contributed by atoms with Crippen LogP contribution in [0.2, 0.25) is 0 Å². The van der Waals surface area contributed by atoms with E-state index >= 15 is 0 Å². The quantitative estimate of drug-likeness (QED) is 0.523. The molecule has 2 N–H and O–H groups in total. The zero-order chi connectivity index (χ0) is 23.6. The summed E-state index contributed by atoms with van der Waals surface area (Å²) >= 11 is 1.06. The van der Waals surface area contributed by atoms with Crippen LogP contribution in [0.4, 0.5) is 29.3 Å². The summed E-state index contributed by atoms with van der Waals surface area (Å²) in [5.74, 6) is -0.421. The number of nitrogens with one attached hydrogen (secondary N) is 2. The van der Waals surface area contributed by atoms with E-state index in [2.05, 4.69) is 20.8 Å². The van der Waals surface area contributed by atoms with Gasteiger partial charge in [0.25, 0.3) is 5.91 Å². The van der Waals surface area contributed by atoms with E-state index in [9.17, 15) is 22.8 Å². The number of aryl methyl sites for hydroxylation is 1. The third-order valence-corrected chi connectivity index (χ3v) is 6.24. The van der Waals surface area contributed by atoms with Crippen LogP contribution in [0.5, 0.6) is 0 Å². The Morgan fingerprint density at radius 1 is 1.06 bits per heavy atom. The van der Waals surface area contributed by atoms with E-state index in [4.69, 9.17) is 0 Å². The maximum atomic E-state index is 13.3.